The summed E-state index contributed by atoms with van der Waals surface area (Å²) < 4.78 is 5.73. The molecule has 1 aliphatic heterocycles. The zero-order valence-electron chi connectivity index (χ0n) is 11.1. The van der Waals surface area contributed by atoms with E-state index in [0.717, 1.165) is 19.6 Å². The molecule has 1 saturated heterocycles. The average molecular weight is 251 g/mol. The second-order valence-corrected chi connectivity index (χ2v) is 5.44. The van der Waals surface area contributed by atoms with Gasteiger partial charge in [0.2, 0.25) is 5.89 Å². The maximum absolute atomic E-state index is 5.73. The molecule has 0 bridgehead atoms. The highest BCUT2D eigenvalue weighted by atomic mass is 16.4. The van der Waals surface area contributed by atoms with Gasteiger partial charge in [0.25, 0.3) is 0 Å². The van der Waals surface area contributed by atoms with Crippen LogP contribution in [0.1, 0.15) is 25.7 Å². The molecule has 1 unspecified atom stereocenters. The Morgan fingerprint density at radius 2 is 2.17 bits per heavy atom. The summed E-state index contributed by atoms with van der Waals surface area (Å²) in [7, 11) is 2.15. The SMILES string of the molecule is CC1CN(C)CCN1c1nnc(CNC2CC2)o1. The number of piperazine rings is 1. The molecule has 0 spiro atoms. The molecule has 1 saturated carbocycles. The Bertz CT molecular complexity index is 403. The van der Waals surface area contributed by atoms with Crippen molar-refractivity contribution < 1.29 is 4.42 Å². The fourth-order valence-electron chi connectivity index (χ4n) is 2.38. The van der Waals surface area contributed by atoms with Gasteiger partial charge >= 0.3 is 6.01 Å². The van der Waals surface area contributed by atoms with Gasteiger partial charge in [0.05, 0.1) is 6.54 Å². The standard InChI is InChI=1S/C12H21N5O/c1-9-8-16(2)5-6-17(9)12-15-14-11(18-12)7-13-10-3-4-10/h9-10,13H,3-8H2,1-2H3. The monoisotopic (exact) mass is 251 g/mol. The van der Waals surface area contributed by atoms with E-state index in [1.165, 1.54) is 12.8 Å². The molecule has 1 aromatic rings. The van der Waals surface area contributed by atoms with Crippen LogP contribution in [0.3, 0.4) is 0 Å². The third kappa shape index (κ3) is 2.64. The highest BCUT2D eigenvalue weighted by Gasteiger charge is 2.26. The third-order valence-corrected chi connectivity index (χ3v) is 3.65. The lowest BCUT2D eigenvalue weighted by molar-refractivity contribution is 0.266. The lowest BCUT2D eigenvalue weighted by Crippen LogP contribution is -2.50. The van der Waals surface area contributed by atoms with Crippen LogP contribution in [0.15, 0.2) is 4.42 Å². The molecule has 1 N–H and O–H groups in total. The molecule has 1 aliphatic carbocycles. The van der Waals surface area contributed by atoms with Gasteiger partial charge < -0.3 is 19.5 Å². The molecule has 3 rings (SSSR count). The van der Waals surface area contributed by atoms with E-state index in [1.54, 1.807) is 0 Å². The number of hydrogen-bond acceptors (Lipinski definition) is 6. The van der Waals surface area contributed by atoms with Gasteiger partial charge in [-0.15, -0.1) is 5.10 Å². The topological polar surface area (TPSA) is 57.4 Å². The quantitative estimate of drug-likeness (QED) is 0.839. The molecular weight excluding hydrogens is 230 g/mol. The maximum Gasteiger partial charge on any atom is 0.318 e. The van der Waals surface area contributed by atoms with Crippen LogP contribution in [0.2, 0.25) is 0 Å². The third-order valence-electron chi connectivity index (χ3n) is 3.65. The Hall–Kier alpha value is -1.14. The molecule has 1 atom stereocenters. The van der Waals surface area contributed by atoms with Crippen molar-refractivity contribution in [1.82, 2.24) is 20.4 Å². The first kappa shape index (κ1) is 11.9. The number of nitrogens with one attached hydrogen (secondary N) is 1. The molecule has 100 valence electrons. The van der Waals surface area contributed by atoms with Crippen molar-refractivity contribution >= 4 is 6.01 Å². The number of aromatic nitrogens is 2. The predicted molar refractivity (Wildman–Crippen MR) is 68.5 cm³/mol. The summed E-state index contributed by atoms with van der Waals surface area (Å²) in [5, 5.41) is 11.7. The summed E-state index contributed by atoms with van der Waals surface area (Å²) in [6.45, 7) is 5.93. The van der Waals surface area contributed by atoms with Crippen LogP contribution in [-0.2, 0) is 6.54 Å². The van der Waals surface area contributed by atoms with Crippen molar-refractivity contribution in [2.45, 2.75) is 38.4 Å². The van der Waals surface area contributed by atoms with Gasteiger partial charge in [-0.3, -0.25) is 0 Å². The zero-order chi connectivity index (χ0) is 12.5. The van der Waals surface area contributed by atoms with Crippen molar-refractivity contribution in [1.29, 1.82) is 0 Å². The molecule has 2 aliphatic rings. The summed E-state index contributed by atoms with van der Waals surface area (Å²) in [4.78, 5) is 4.53. The first-order valence-corrected chi connectivity index (χ1v) is 6.73. The first-order chi connectivity index (χ1) is 8.72. The van der Waals surface area contributed by atoms with Gasteiger partial charge in [0.15, 0.2) is 0 Å². The van der Waals surface area contributed by atoms with E-state index in [1.807, 2.05) is 0 Å². The van der Waals surface area contributed by atoms with E-state index >= 15 is 0 Å². The number of rotatable bonds is 4. The van der Waals surface area contributed by atoms with Crippen LogP contribution in [0.4, 0.5) is 6.01 Å². The van der Waals surface area contributed by atoms with E-state index in [9.17, 15) is 0 Å². The Kier molecular flexibility index (Phi) is 3.22. The molecule has 0 aromatic carbocycles. The van der Waals surface area contributed by atoms with Crippen LogP contribution in [0.25, 0.3) is 0 Å². The Balaban J connectivity index is 1.60. The van der Waals surface area contributed by atoms with Crippen LogP contribution < -0.4 is 10.2 Å². The summed E-state index contributed by atoms with van der Waals surface area (Å²) in [6, 6.07) is 1.76. The van der Waals surface area contributed by atoms with E-state index < -0.39 is 0 Å². The van der Waals surface area contributed by atoms with Crippen LogP contribution in [-0.4, -0.2) is 53.9 Å². The smallest absolute Gasteiger partial charge is 0.318 e. The molecule has 18 heavy (non-hydrogen) atoms. The second-order valence-electron chi connectivity index (χ2n) is 5.44. The van der Waals surface area contributed by atoms with Gasteiger partial charge in [-0.2, -0.15) is 0 Å². The van der Waals surface area contributed by atoms with Gasteiger partial charge in [-0.25, -0.2) is 0 Å². The number of anilines is 1. The molecule has 1 aromatic heterocycles. The molecule has 2 heterocycles. The van der Waals surface area contributed by atoms with Crippen molar-refractivity contribution in [2.75, 3.05) is 31.6 Å². The van der Waals surface area contributed by atoms with Gasteiger partial charge in [-0.1, -0.05) is 5.10 Å². The van der Waals surface area contributed by atoms with Crippen LogP contribution >= 0.6 is 0 Å². The summed E-state index contributed by atoms with van der Waals surface area (Å²) in [5.41, 5.74) is 0. The minimum atomic E-state index is 0.424. The van der Waals surface area contributed by atoms with Crippen LogP contribution in [0, 0.1) is 0 Å². The summed E-state index contributed by atoms with van der Waals surface area (Å²) in [5.74, 6) is 0.697. The van der Waals surface area contributed by atoms with Crippen molar-refractivity contribution in [3.63, 3.8) is 0 Å². The Morgan fingerprint density at radius 3 is 2.89 bits per heavy atom. The number of likely N-dealkylation sites (N-methyl/N-ethyl adjacent to an activating group) is 1. The fraction of sp³-hybridized carbons (Fsp3) is 0.833. The van der Waals surface area contributed by atoms with E-state index in [-0.39, 0.29) is 0 Å². The van der Waals surface area contributed by atoms with Gasteiger partial charge in [-0.05, 0) is 26.8 Å². The van der Waals surface area contributed by atoms with Crippen molar-refractivity contribution in [3.8, 4) is 0 Å². The highest BCUT2D eigenvalue weighted by molar-refractivity contribution is 5.27. The highest BCUT2D eigenvalue weighted by Crippen LogP contribution is 2.21. The van der Waals surface area contributed by atoms with Gasteiger partial charge in [0.1, 0.15) is 0 Å². The normalized spacial score (nSPS) is 25.7. The van der Waals surface area contributed by atoms with Crippen LogP contribution in [0.5, 0.6) is 0 Å². The van der Waals surface area contributed by atoms with E-state index in [0.29, 0.717) is 30.5 Å². The lowest BCUT2D eigenvalue weighted by Gasteiger charge is -2.36. The molecule has 0 amide bonds. The fourth-order valence-corrected chi connectivity index (χ4v) is 2.38. The minimum Gasteiger partial charge on any atom is -0.407 e. The second kappa shape index (κ2) is 4.85. The Labute approximate surface area is 107 Å². The zero-order valence-corrected chi connectivity index (χ0v) is 11.1. The van der Waals surface area contributed by atoms with Crippen molar-refractivity contribution in [3.05, 3.63) is 5.89 Å². The van der Waals surface area contributed by atoms with Gasteiger partial charge in [0, 0.05) is 31.7 Å². The predicted octanol–water partition coefficient (Wildman–Crippen LogP) is 0.462. The van der Waals surface area contributed by atoms with E-state index in [2.05, 4.69) is 39.3 Å². The Morgan fingerprint density at radius 1 is 1.33 bits per heavy atom. The van der Waals surface area contributed by atoms with E-state index in [4.69, 9.17) is 4.42 Å². The maximum atomic E-state index is 5.73. The molecule has 6 heteroatoms. The molecular formula is C12H21N5O. The molecule has 6 nitrogen and oxygen atoms in total. The molecule has 2 fully saturated rings. The molecule has 0 radical (unpaired) electrons. The number of hydrogen-bond donors (Lipinski definition) is 1. The largest absolute Gasteiger partial charge is 0.407 e. The average Bonchev–Trinajstić information content (AvgIpc) is 3.05. The minimum absolute atomic E-state index is 0.424. The first-order valence-electron chi connectivity index (χ1n) is 6.73. The summed E-state index contributed by atoms with van der Waals surface area (Å²) >= 11 is 0. The van der Waals surface area contributed by atoms with Crippen molar-refractivity contribution in [2.24, 2.45) is 0 Å². The summed E-state index contributed by atoms with van der Waals surface area (Å²) in [6.07, 6.45) is 2.55. The lowest BCUT2D eigenvalue weighted by atomic mass is 10.2. The number of nitrogens with zero attached hydrogens (tertiary/aromatic N) is 4.